The quantitative estimate of drug-likeness (QED) is 0.554. The number of amides is 3. The first-order valence-corrected chi connectivity index (χ1v) is 5.16. The Bertz CT molecular complexity index is 403. The molecule has 0 unspecified atom stereocenters. The molecule has 0 aliphatic carbocycles. The van der Waals surface area contributed by atoms with Crippen LogP contribution in [0.25, 0.3) is 0 Å². The van der Waals surface area contributed by atoms with E-state index in [1.54, 1.807) is 0 Å². The number of hydrogen-bond donors (Lipinski definition) is 2. The van der Waals surface area contributed by atoms with Crippen molar-refractivity contribution in [2.24, 2.45) is 0 Å². The van der Waals surface area contributed by atoms with E-state index in [9.17, 15) is 9.59 Å². The lowest BCUT2D eigenvalue weighted by atomic mass is 10.1. The van der Waals surface area contributed by atoms with E-state index in [2.05, 4.69) is 11.1 Å². The van der Waals surface area contributed by atoms with Crippen LogP contribution in [0.2, 0.25) is 0 Å². The fraction of sp³-hybridized carbons (Fsp3) is 0.273. The standard InChI is InChI=1S/C11H13N3O2.ClH/c12-9-3-1-8(2-4-9)5-6-14-10(15)7-13-11(14)16;/h1-4H,5-7,12H2,(H,13,16);1H. The van der Waals surface area contributed by atoms with E-state index in [1.807, 2.05) is 24.3 Å². The Kier molecular flexibility index (Phi) is 4.48. The number of urea groups is 1. The number of carbonyl (C=O) groups excluding carboxylic acids is 2. The number of nitrogens with one attached hydrogen (secondary N) is 1. The van der Waals surface area contributed by atoms with Crippen LogP contribution in [0.3, 0.4) is 0 Å². The summed E-state index contributed by atoms with van der Waals surface area (Å²) in [6.07, 6.45) is 0.680. The molecule has 0 bridgehead atoms. The van der Waals surface area contributed by atoms with E-state index in [4.69, 9.17) is 0 Å². The van der Waals surface area contributed by atoms with Gasteiger partial charge in [-0.05, 0) is 24.1 Å². The lowest BCUT2D eigenvalue weighted by molar-refractivity contribution is -0.254. The summed E-state index contributed by atoms with van der Waals surface area (Å²) in [5, 5.41) is 2.49. The van der Waals surface area contributed by atoms with Crippen molar-refractivity contribution in [1.29, 1.82) is 0 Å². The number of halogens is 1. The van der Waals surface area contributed by atoms with Gasteiger partial charge in [0.2, 0.25) is 5.91 Å². The van der Waals surface area contributed by atoms with Crippen molar-refractivity contribution in [1.82, 2.24) is 10.2 Å². The normalized spacial score (nSPS) is 14.5. The second-order valence-corrected chi connectivity index (χ2v) is 3.77. The Balaban J connectivity index is 0.00000144. The summed E-state index contributed by atoms with van der Waals surface area (Å²) in [5.41, 5.74) is 5.85. The predicted molar refractivity (Wildman–Crippen MR) is 57.8 cm³/mol. The first kappa shape index (κ1) is 13.5. The molecule has 0 saturated carbocycles. The Morgan fingerprint density at radius 3 is 2.41 bits per heavy atom. The second-order valence-electron chi connectivity index (χ2n) is 3.77. The van der Waals surface area contributed by atoms with Crippen molar-refractivity contribution in [2.75, 3.05) is 13.1 Å². The van der Waals surface area contributed by atoms with Crippen LogP contribution >= 0.6 is 0 Å². The summed E-state index contributed by atoms with van der Waals surface area (Å²) in [6.45, 7) is 0.553. The zero-order chi connectivity index (χ0) is 11.5. The highest BCUT2D eigenvalue weighted by atomic mass is 35.5. The van der Waals surface area contributed by atoms with Gasteiger partial charge in [-0.15, -0.1) is 0 Å². The molecule has 1 saturated heterocycles. The van der Waals surface area contributed by atoms with Gasteiger partial charge in [-0.2, -0.15) is 0 Å². The largest absolute Gasteiger partial charge is 1.00 e. The molecule has 4 N–H and O–H groups in total. The molecule has 0 spiro atoms. The van der Waals surface area contributed by atoms with Crippen LogP contribution in [0, 0.1) is 0 Å². The van der Waals surface area contributed by atoms with Crippen molar-refractivity contribution in [2.45, 2.75) is 6.42 Å². The maximum Gasteiger partial charge on any atom is 0.324 e. The van der Waals surface area contributed by atoms with Gasteiger partial charge in [0.15, 0.2) is 0 Å². The predicted octanol–water partition coefficient (Wildman–Crippen LogP) is -3.34. The summed E-state index contributed by atoms with van der Waals surface area (Å²) in [6, 6.07) is 7.46. The number of carbonyl (C=O) groups is 2. The van der Waals surface area contributed by atoms with E-state index in [0.717, 1.165) is 11.3 Å². The molecule has 1 aromatic rings. The van der Waals surface area contributed by atoms with Crippen LogP contribution in [0.1, 0.15) is 5.56 Å². The highest BCUT2D eigenvalue weighted by Crippen LogP contribution is 2.07. The Labute approximate surface area is 105 Å². The summed E-state index contributed by atoms with van der Waals surface area (Å²) in [7, 11) is 0. The minimum absolute atomic E-state index is 0. The first-order valence-electron chi connectivity index (χ1n) is 5.16. The van der Waals surface area contributed by atoms with Crippen LogP contribution in [-0.4, -0.2) is 29.9 Å². The molecular weight excluding hydrogens is 242 g/mol. The number of quaternary nitrogens is 1. The average molecular weight is 256 g/mol. The third-order valence-electron chi connectivity index (χ3n) is 2.58. The van der Waals surface area contributed by atoms with Gasteiger partial charge in [-0.3, -0.25) is 9.69 Å². The van der Waals surface area contributed by atoms with Gasteiger partial charge in [-0.25, -0.2) is 4.79 Å². The van der Waals surface area contributed by atoms with Gasteiger partial charge in [0, 0.05) is 6.54 Å². The zero-order valence-electron chi connectivity index (χ0n) is 9.28. The zero-order valence-corrected chi connectivity index (χ0v) is 10.0. The molecule has 5 nitrogen and oxygen atoms in total. The molecule has 1 aliphatic heterocycles. The number of imide groups is 1. The van der Waals surface area contributed by atoms with Crippen molar-refractivity contribution in [3.63, 3.8) is 0 Å². The third-order valence-corrected chi connectivity index (χ3v) is 2.58. The van der Waals surface area contributed by atoms with Gasteiger partial charge >= 0.3 is 6.03 Å². The monoisotopic (exact) mass is 255 g/mol. The maximum atomic E-state index is 11.3. The summed E-state index contributed by atoms with van der Waals surface area (Å²) < 4.78 is 0. The highest BCUT2D eigenvalue weighted by Gasteiger charge is 2.27. The van der Waals surface area contributed by atoms with Crippen molar-refractivity contribution >= 4 is 17.6 Å². The molecule has 0 aromatic heterocycles. The van der Waals surface area contributed by atoms with E-state index in [0.29, 0.717) is 13.0 Å². The molecule has 6 heteroatoms. The molecule has 0 atom stereocenters. The second kappa shape index (κ2) is 5.65. The number of nitrogens with zero attached hydrogens (tertiary/aromatic N) is 1. The molecule has 0 radical (unpaired) electrons. The molecule has 3 amide bonds. The Hall–Kier alpha value is -1.59. The van der Waals surface area contributed by atoms with Crippen LogP contribution < -0.4 is 23.5 Å². The van der Waals surface area contributed by atoms with Gasteiger partial charge in [0.25, 0.3) is 0 Å². The summed E-state index contributed by atoms with van der Waals surface area (Å²) in [4.78, 5) is 23.8. The van der Waals surface area contributed by atoms with Crippen LogP contribution in [0.4, 0.5) is 10.5 Å². The Morgan fingerprint density at radius 1 is 1.24 bits per heavy atom. The minimum Gasteiger partial charge on any atom is -1.00 e. The average Bonchev–Trinajstić information content (AvgIpc) is 2.59. The van der Waals surface area contributed by atoms with Crippen molar-refractivity contribution in [3.8, 4) is 0 Å². The number of hydrogen-bond acceptors (Lipinski definition) is 2. The van der Waals surface area contributed by atoms with E-state index >= 15 is 0 Å². The van der Waals surface area contributed by atoms with Gasteiger partial charge < -0.3 is 23.5 Å². The smallest absolute Gasteiger partial charge is 0.324 e. The topological polar surface area (TPSA) is 77.1 Å². The molecule has 17 heavy (non-hydrogen) atoms. The summed E-state index contributed by atoms with van der Waals surface area (Å²) in [5.74, 6) is -0.154. The SMILES string of the molecule is [Cl-].[NH3+]c1ccc(CCN2C(=O)CNC2=O)cc1. The van der Waals surface area contributed by atoms with Gasteiger partial charge in [0.05, 0.1) is 6.54 Å². The Morgan fingerprint density at radius 2 is 1.88 bits per heavy atom. The van der Waals surface area contributed by atoms with Gasteiger partial charge in [-0.1, -0.05) is 12.1 Å². The molecular formula is C11H14ClN3O2. The third kappa shape index (κ3) is 3.18. The molecule has 1 aromatic carbocycles. The number of benzene rings is 1. The molecule has 1 fully saturated rings. The fourth-order valence-electron chi connectivity index (χ4n) is 1.63. The van der Waals surface area contributed by atoms with Crippen LogP contribution in [-0.2, 0) is 11.2 Å². The van der Waals surface area contributed by atoms with Crippen molar-refractivity contribution < 1.29 is 27.7 Å². The molecule has 1 heterocycles. The van der Waals surface area contributed by atoms with E-state index < -0.39 is 0 Å². The van der Waals surface area contributed by atoms with E-state index in [1.165, 1.54) is 4.90 Å². The first-order chi connectivity index (χ1) is 7.66. The van der Waals surface area contributed by atoms with Gasteiger partial charge in [0.1, 0.15) is 5.69 Å². The highest BCUT2D eigenvalue weighted by molar-refractivity contribution is 6.01. The molecule has 1 aliphatic rings. The molecule has 2 rings (SSSR count). The van der Waals surface area contributed by atoms with Crippen LogP contribution in [0.5, 0.6) is 0 Å². The van der Waals surface area contributed by atoms with Crippen LogP contribution in [0.15, 0.2) is 24.3 Å². The number of rotatable bonds is 3. The lowest BCUT2D eigenvalue weighted by Crippen LogP contribution is -3.00. The fourth-order valence-corrected chi connectivity index (χ4v) is 1.63. The summed E-state index contributed by atoms with van der Waals surface area (Å²) >= 11 is 0. The van der Waals surface area contributed by atoms with Crippen molar-refractivity contribution in [3.05, 3.63) is 29.8 Å². The lowest BCUT2D eigenvalue weighted by Gasteiger charge is -2.11. The minimum atomic E-state index is -0.293. The maximum absolute atomic E-state index is 11.3. The molecule has 92 valence electrons. The van der Waals surface area contributed by atoms with E-state index in [-0.39, 0.29) is 30.9 Å².